The number of pyridine rings is 1. The Morgan fingerprint density at radius 2 is 2.05 bits per heavy atom. The van der Waals surface area contributed by atoms with Crippen LogP contribution in [0.4, 0.5) is 0 Å². The Morgan fingerprint density at radius 3 is 2.62 bits per heavy atom. The molecule has 1 saturated heterocycles. The van der Waals surface area contributed by atoms with Gasteiger partial charge in [-0.25, -0.2) is 0 Å². The third kappa shape index (κ3) is 4.27. The fourth-order valence-electron chi connectivity index (χ4n) is 3.48. The standard InChI is InChI=1S/C17H27BrN2O/c1-5-6-20-16(8-14-7-15(18)10-19-9-14)17-11(2)12(3)21-13(17)4/h7,9-13,16-17,20H,5-6,8H2,1-4H3. The molecule has 118 valence electrons. The van der Waals surface area contributed by atoms with Crippen molar-refractivity contribution in [3.8, 4) is 0 Å². The molecule has 1 aromatic rings. The topological polar surface area (TPSA) is 34.2 Å². The lowest BCUT2D eigenvalue weighted by atomic mass is 9.81. The smallest absolute Gasteiger partial charge is 0.0597 e. The van der Waals surface area contributed by atoms with E-state index in [4.69, 9.17) is 4.74 Å². The van der Waals surface area contributed by atoms with Crippen LogP contribution in [0.25, 0.3) is 0 Å². The molecule has 5 unspecified atom stereocenters. The average molecular weight is 355 g/mol. The molecule has 0 aliphatic carbocycles. The summed E-state index contributed by atoms with van der Waals surface area (Å²) < 4.78 is 7.09. The molecule has 0 saturated carbocycles. The first kappa shape index (κ1) is 16.9. The van der Waals surface area contributed by atoms with Gasteiger partial charge in [0.2, 0.25) is 0 Å². The number of aromatic nitrogens is 1. The number of ether oxygens (including phenoxy) is 1. The van der Waals surface area contributed by atoms with Crippen LogP contribution < -0.4 is 5.32 Å². The van der Waals surface area contributed by atoms with Gasteiger partial charge in [-0.05, 0) is 66.7 Å². The van der Waals surface area contributed by atoms with E-state index in [9.17, 15) is 0 Å². The molecule has 0 radical (unpaired) electrons. The lowest BCUT2D eigenvalue weighted by Gasteiger charge is -2.30. The molecule has 3 nitrogen and oxygen atoms in total. The van der Waals surface area contributed by atoms with Gasteiger partial charge in [0, 0.05) is 28.8 Å². The van der Waals surface area contributed by atoms with E-state index in [0.29, 0.717) is 30.1 Å². The molecule has 5 atom stereocenters. The molecule has 0 bridgehead atoms. The lowest BCUT2D eigenvalue weighted by molar-refractivity contribution is 0.0476. The van der Waals surface area contributed by atoms with E-state index in [2.05, 4.69) is 60.0 Å². The van der Waals surface area contributed by atoms with Crippen molar-refractivity contribution in [3.63, 3.8) is 0 Å². The number of hydrogen-bond acceptors (Lipinski definition) is 3. The predicted octanol–water partition coefficient (Wildman–Crippen LogP) is 3.81. The zero-order chi connectivity index (χ0) is 15.4. The van der Waals surface area contributed by atoms with Crippen LogP contribution in [0.1, 0.15) is 39.7 Å². The lowest BCUT2D eigenvalue weighted by Crippen LogP contribution is -2.43. The van der Waals surface area contributed by atoms with Gasteiger partial charge in [-0.2, -0.15) is 0 Å². The number of hydrogen-bond donors (Lipinski definition) is 1. The molecule has 1 aliphatic rings. The van der Waals surface area contributed by atoms with Gasteiger partial charge in [0.1, 0.15) is 0 Å². The number of nitrogens with one attached hydrogen (secondary N) is 1. The van der Waals surface area contributed by atoms with E-state index < -0.39 is 0 Å². The molecule has 0 spiro atoms. The quantitative estimate of drug-likeness (QED) is 0.843. The molecule has 4 heteroatoms. The van der Waals surface area contributed by atoms with Crippen molar-refractivity contribution in [3.05, 3.63) is 28.5 Å². The minimum atomic E-state index is 0.310. The van der Waals surface area contributed by atoms with Crippen molar-refractivity contribution < 1.29 is 4.74 Å². The minimum absolute atomic E-state index is 0.310. The fraction of sp³-hybridized carbons (Fsp3) is 0.706. The van der Waals surface area contributed by atoms with Crippen LogP contribution in [0, 0.1) is 11.8 Å². The van der Waals surface area contributed by atoms with E-state index in [1.807, 2.05) is 12.4 Å². The van der Waals surface area contributed by atoms with Crippen molar-refractivity contribution in [1.82, 2.24) is 10.3 Å². The Balaban J connectivity index is 2.14. The zero-order valence-electron chi connectivity index (χ0n) is 13.5. The molecule has 1 aromatic heterocycles. The van der Waals surface area contributed by atoms with Gasteiger partial charge in [0.25, 0.3) is 0 Å². The average Bonchev–Trinajstić information content (AvgIpc) is 2.68. The highest BCUT2D eigenvalue weighted by molar-refractivity contribution is 9.10. The first-order valence-electron chi connectivity index (χ1n) is 8.01. The molecule has 2 rings (SSSR count). The highest BCUT2D eigenvalue weighted by Crippen LogP contribution is 2.35. The van der Waals surface area contributed by atoms with E-state index in [1.165, 1.54) is 5.56 Å². The summed E-state index contributed by atoms with van der Waals surface area (Å²) in [4.78, 5) is 4.29. The molecular weight excluding hydrogens is 328 g/mol. The number of nitrogens with zero attached hydrogens (tertiary/aromatic N) is 1. The number of halogens is 1. The van der Waals surface area contributed by atoms with Crippen LogP contribution in [0.2, 0.25) is 0 Å². The summed E-state index contributed by atoms with van der Waals surface area (Å²) >= 11 is 3.51. The molecule has 1 fully saturated rings. The van der Waals surface area contributed by atoms with Crippen molar-refractivity contribution in [2.75, 3.05) is 6.54 Å². The Bertz CT molecular complexity index is 454. The van der Waals surface area contributed by atoms with Crippen LogP contribution in [0.5, 0.6) is 0 Å². The molecule has 1 N–H and O–H groups in total. The molecule has 0 aromatic carbocycles. The first-order chi connectivity index (χ1) is 10.0. The summed E-state index contributed by atoms with van der Waals surface area (Å²) in [6.45, 7) is 9.99. The Morgan fingerprint density at radius 1 is 1.29 bits per heavy atom. The third-order valence-electron chi connectivity index (χ3n) is 4.66. The van der Waals surface area contributed by atoms with Crippen molar-refractivity contribution in [2.45, 2.75) is 58.8 Å². The Labute approximate surface area is 137 Å². The van der Waals surface area contributed by atoms with Gasteiger partial charge in [0.05, 0.1) is 12.2 Å². The molecular formula is C17H27BrN2O. The van der Waals surface area contributed by atoms with Gasteiger partial charge < -0.3 is 10.1 Å². The highest BCUT2D eigenvalue weighted by atomic mass is 79.9. The second-order valence-electron chi connectivity index (χ2n) is 6.26. The van der Waals surface area contributed by atoms with E-state index in [1.54, 1.807) is 0 Å². The second-order valence-corrected chi connectivity index (χ2v) is 7.17. The second kappa shape index (κ2) is 7.70. The summed E-state index contributed by atoms with van der Waals surface area (Å²) in [5, 5.41) is 3.74. The van der Waals surface area contributed by atoms with Gasteiger partial charge in [-0.3, -0.25) is 4.98 Å². The van der Waals surface area contributed by atoms with Gasteiger partial charge in [0.15, 0.2) is 0 Å². The Hall–Kier alpha value is -0.450. The van der Waals surface area contributed by atoms with Crippen LogP contribution in [0.15, 0.2) is 22.9 Å². The maximum atomic E-state index is 6.04. The van der Waals surface area contributed by atoms with Crippen LogP contribution in [-0.2, 0) is 11.2 Å². The van der Waals surface area contributed by atoms with Crippen LogP contribution in [-0.4, -0.2) is 29.8 Å². The van der Waals surface area contributed by atoms with Crippen LogP contribution in [0.3, 0.4) is 0 Å². The summed E-state index contributed by atoms with van der Waals surface area (Å²) in [6.07, 6.45) is 6.62. The molecule has 1 aliphatic heterocycles. The van der Waals surface area contributed by atoms with Gasteiger partial charge in [-0.1, -0.05) is 13.8 Å². The van der Waals surface area contributed by atoms with Crippen LogP contribution >= 0.6 is 15.9 Å². The summed E-state index contributed by atoms with van der Waals surface area (Å²) in [5.74, 6) is 1.12. The summed E-state index contributed by atoms with van der Waals surface area (Å²) in [6, 6.07) is 2.61. The van der Waals surface area contributed by atoms with Crippen molar-refractivity contribution >= 4 is 15.9 Å². The Kier molecular flexibility index (Phi) is 6.20. The SMILES string of the molecule is CCCNC(Cc1cncc(Br)c1)C1C(C)OC(C)C1C. The third-order valence-corrected chi connectivity index (χ3v) is 5.09. The highest BCUT2D eigenvalue weighted by Gasteiger charge is 2.41. The van der Waals surface area contributed by atoms with Crippen molar-refractivity contribution in [1.29, 1.82) is 0 Å². The van der Waals surface area contributed by atoms with E-state index in [-0.39, 0.29) is 0 Å². The summed E-state index contributed by atoms with van der Waals surface area (Å²) in [5.41, 5.74) is 1.27. The molecule has 0 amide bonds. The largest absolute Gasteiger partial charge is 0.375 e. The summed E-state index contributed by atoms with van der Waals surface area (Å²) in [7, 11) is 0. The molecule has 21 heavy (non-hydrogen) atoms. The maximum Gasteiger partial charge on any atom is 0.0597 e. The van der Waals surface area contributed by atoms with Crippen molar-refractivity contribution in [2.24, 2.45) is 11.8 Å². The normalized spacial score (nSPS) is 30.5. The maximum absolute atomic E-state index is 6.04. The van der Waals surface area contributed by atoms with E-state index >= 15 is 0 Å². The number of rotatable bonds is 6. The van der Waals surface area contributed by atoms with Gasteiger partial charge in [-0.15, -0.1) is 0 Å². The van der Waals surface area contributed by atoms with Gasteiger partial charge >= 0.3 is 0 Å². The minimum Gasteiger partial charge on any atom is -0.375 e. The zero-order valence-corrected chi connectivity index (χ0v) is 15.1. The monoisotopic (exact) mass is 354 g/mol. The predicted molar refractivity (Wildman–Crippen MR) is 90.4 cm³/mol. The fourth-order valence-corrected chi connectivity index (χ4v) is 3.89. The van der Waals surface area contributed by atoms with E-state index in [0.717, 1.165) is 23.9 Å². The molecule has 2 heterocycles. The first-order valence-corrected chi connectivity index (χ1v) is 8.80.